The molecule has 108 valence electrons. The number of anilines is 2. The summed E-state index contributed by atoms with van der Waals surface area (Å²) >= 11 is 6.06. The van der Waals surface area contributed by atoms with Gasteiger partial charge in [0.15, 0.2) is 0 Å². The summed E-state index contributed by atoms with van der Waals surface area (Å²) < 4.78 is 0. The van der Waals surface area contributed by atoms with Gasteiger partial charge in [-0.1, -0.05) is 23.7 Å². The van der Waals surface area contributed by atoms with E-state index in [4.69, 9.17) is 16.7 Å². The summed E-state index contributed by atoms with van der Waals surface area (Å²) in [5, 5.41) is 23.3. The Balaban J connectivity index is 2.53. The molecule has 0 bridgehead atoms. The highest BCUT2D eigenvalue weighted by Crippen LogP contribution is 2.33. The van der Waals surface area contributed by atoms with Crippen LogP contribution in [0.15, 0.2) is 36.4 Å². The Labute approximate surface area is 125 Å². The molecule has 7 heteroatoms. The molecular formula is C14H11ClN2O4. The predicted octanol–water partition coefficient (Wildman–Crippen LogP) is 4.00. The van der Waals surface area contributed by atoms with E-state index < -0.39 is 10.9 Å². The summed E-state index contributed by atoms with van der Waals surface area (Å²) in [6.07, 6.45) is 0. The van der Waals surface area contributed by atoms with Crippen LogP contribution in [0.1, 0.15) is 15.9 Å². The van der Waals surface area contributed by atoms with Crippen LogP contribution >= 0.6 is 11.6 Å². The summed E-state index contributed by atoms with van der Waals surface area (Å²) in [7, 11) is 0. The van der Waals surface area contributed by atoms with Gasteiger partial charge in [0.2, 0.25) is 0 Å². The Hall–Kier alpha value is -2.60. The molecule has 0 saturated heterocycles. The SMILES string of the molecule is Cc1cccc(Cl)c1Nc1cc(C(=O)O)ccc1[N+](=O)[O-]. The van der Waals surface area contributed by atoms with E-state index in [0.29, 0.717) is 10.7 Å². The van der Waals surface area contributed by atoms with E-state index in [9.17, 15) is 14.9 Å². The minimum absolute atomic E-state index is 0.0483. The van der Waals surface area contributed by atoms with Gasteiger partial charge >= 0.3 is 5.97 Å². The molecule has 21 heavy (non-hydrogen) atoms. The maximum absolute atomic E-state index is 11.0. The van der Waals surface area contributed by atoms with Crippen molar-refractivity contribution in [2.75, 3.05) is 5.32 Å². The van der Waals surface area contributed by atoms with Crippen LogP contribution in [-0.4, -0.2) is 16.0 Å². The molecule has 6 nitrogen and oxygen atoms in total. The molecule has 0 atom stereocenters. The van der Waals surface area contributed by atoms with E-state index in [1.54, 1.807) is 25.1 Å². The minimum atomic E-state index is -1.16. The lowest BCUT2D eigenvalue weighted by atomic mass is 10.1. The molecule has 2 aromatic rings. The third-order valence-corrected chi connectivity index (χ3v) is 3.24. The first kappa shape index (κ1) is 14.8. The van der Waals surface area contributed by atoms with Gasteiger partial charge in [0.25, 0.3) is 5.69 Å². The van der Waals surface area contributed by atoms with Crippen molar-refractivity contribution < 1.29 is 14.8 Å². The Morgan fingerprint density at radius 2 is 2.05 bits per heavy atom. The number of hydrogen-bond donors (Lipinski definition) is 2. The fourth-order valence-electron chi connectivity index (χ4n) is 1.85. The van der Waals surface area contributed by atoms with E-state index in [1.165, 1.54) is 12.1 Å². The van der Waals surface area contributed by atoms with Crippen LogP contribution in [0, 0.1) is 17.0 Å². The summed E-state index contributed by atoms with van der Waals surface area (Å²) in [4.78, 5) is 21.5. The largest absolute Gasteiger partial charge is 0.478 e. The van der Waals surface area contributed by atoms with E-state index >= 15 is 0 Å². The number of nitrogens with zero attached hydrogens (tertiary/aromatic N) is 1. The average Bonchev–Trinajstić information content (AvgIpc) is 2.42. The van der Waals surface area contributed by atoms with Crippen molar-refractivity contribution in [1.82, 2.24) is 0 Å². The number of nitro benzene ring substituents is 1. The van der Waals surface area contributed by atoms with Gasteiger partial charge in [-0.3, -0.25) is 10.1 Å². The van der Waals surface area contributed by atoms with Gasteiger partial charge in [-0.25, -0.2) is 4.79 Å². The second kappa shape index (κ2) is 5.80. The maximum atomic E-state index is 11.0. The minimum Gasteiger partial charge on any atom is -0.478 e. The van der Waals surface area contributed by atoms with Crippen molar-refractivity contribution in [2.24, 2.45) is 0 Å². The fraction of sp³-hybridized carbons (Fsp3) is 0.0714. The number of carboxylic acid groups (broad SMARTS) is 1. The van der Waals surface area contributed by atoms with Crippen molar-refractivity contribution in [1.29, 1.82) is 0 Å². The number of aryl methyl sites for hydroxylation is 1. The lowest BCUT2D eigenvalue weighted by Crippen LogP contribution is -2.03. The monoisotopic (exact) mass is 306 g/mol. The first-order chi connectivity index (χ1) is 9.90. The molecule has 2 rings (SSSR count). The van der Waals surface area contributed by atoms with Gasteiger partial charge in [0, 0.05) is 6.07 Å². The first-order valence-electron chi connectivity index (χ1n) is 5.94. The van der Waals surface area contributed by atoms with Crippen LogP contribution in [0.3, 0.4) is 0 Å². The zero-order valence-corrected chi connectivity index (χ0v) is 11.7. The zero-order chi connectivity index (χ0) is 15.6. The van der Waals surface area contributed by atoms with Gasteiger partial charge in [-0.2, -0.15) is 0 Å². The highest BCUT2D eigenvalue weighted by atomic mass is 35.5. The van der Waals surface area contributed by atoms with Crippen LogP contribution in [0.25, 0.3) is 0 Å². The lowest BCUT2D eigenvalue weighted by Gasteiger charge is -2.12. The number of carboxylic acids is 1. The molecule has 0 heterocycles. The molecule has 0 saturated carbocycles. The Kier molecular flexibility index (Phi) is 4.09. The molecule has 0 spiro atoms. The van der Waals surface area contributed by atoms with E-state index in [-0.39, 0.29) is 16.9 Å². The number of aromatic carboxylic acids is 1. The Morgan fingerprint density at radius 3 is 2.62 bits per heavy atom. The van der Waals surface area contributed by atoms with Crippen LogP contribution in [0.2, 0.25) is 5.02 Å². The number of nitrogens with one attached hydrogen (secondary N) is 1. The van der Waals surface area contributed by atoms with Gasteiger partial charge in [0.1, 0.15) is 5.69 Å². The van der Waals surface area contributed by atoms with E-state index in [0.717, 1.165) is 11.6 Å². The van der Waals surface area contributed by atoms with Gasteiger partial charge in [-0.15, -0.1) is 0 Å². The van der Waals surface area contributed by atoms with Crippen molar-refractivity contribution in [3.63, 3.8) is 0 Å². The third kappa shape index (κ3) is 3.11. The summed E-state index contributed by atoms with van der Waals surface area (Å²) in [5.41, 5.74) is 1.10. The summed E-state index contributed by atoms with van der Waals surface area (Å²) in [5.74, 6) is -1.16. The molecule has 2 N–H and O–H groups in total. The molecule has 0 aliphatic rings. The van der Waals surface area contributed by atoms with Crippen LogP contribution in [0.4, 0.5) is 17.1 Å². The van der Waals surface area contributed by atoms with E-state index in [1.807, 2.05) is 0 Å². The normalized spacial score (nSPS) is 10.2. The lowest BCUT2D eigenvalue weighted by molar-refractivity contribution is -0.383. The standard InChI is InChI=1S/C14H11ClN2O4/c1-8-3-2-4-10(15)13(8)16-11-7-9(14(18)19)5-6-12(11)17(20)21/h2-7,16H,1H3,(H,18,19). The highest BCUT2D eigenvalue weighted by molar-refractivity contribution is 6.33. The molecule has 2 aromatic carbocycles. The maximum Gasteiger partial charge on any atom is 0.335 e. The highest BCUT2D eigenvalue weighted by Gasteiger charge is 2.18. The molecule has 0 aliphatic heterocycles. The third-order valence-electron chi connectivity index (χ3n) is 2.92. The second-order valence-electron chi connectivity index (χ2n) is 4.35. The first-order valence-corrected chi connectivity index (χ1v) is 6.32. The molecule has 0 unspecified atom stereocenters. The summed E-state index contributed by atoms with van der Waals surface area (Å²) in [6.45, 7) is 1.79. The van der Waals surface area contributed by atoms with E-state index in [2.05, 4.69) is 5.32 Å². The topological polar surface area (TPSA) is 92.5 Å². The number of rotatable bonds is 4. The number of carbonyl (C=O) groups is 1. The van der Waals surface area contributed by atoms with Crippen molar-refractivity contribution in [3.05, 3.63) is 62.7 Å². The Morgan fingerprint density at radius 1 is 1.33 bits per heavy atom. The van der Waals surface area contributed by atoms with Crippen molar-refractivity contribution in [2.45, 2.75) is 6.92 Å². The quantitative estimate of drug-likeness (QED) is 0.658. The fourth-order valence-corrected chi connectivity index (χ4v) is 2.12. The molecular weight excluding hydrogens is 296 g/mol. The van der Waals surface area contributed by atoms with Crippen LogP contribution < -0.4 is 5.32 Å². The van der Waals surface area contributed by atoms with Crippen LogP contribution in [0.5, 0.6) is 0 Å². The van der Waals surface area contributed by atoms with Crippen LogP contribution in [-0.2, 0) is 0 Å². The van der Waals surface area contributed by atoms with Gasteiger partial charge in [0.05, 0.1) is 21.2 Å². The molecule has 0 aromatic heterocycles. The number of halogens is 1. The smallest absolute Gasteiger partial charge is 0.335 e. The number of para-hydroxylation sites is 1. The molecule has 0 aliphatic carbocycles. The van der Waals surface area contributed by atoms with Crippen molar-refractivity contribution >= 4 is 34.6 Å². The van der Waals surface area contributed by atoms with Gasteiger partial charge in [-0.05, 0) is 30.7 Å². The second-order valence-corrected chi connectivity index (χ2v) is 4.76. The molecule has 0 fully saturated rings. The number of benzene rings is 2. The Bertz CT molecular complexity index is 711. The van der Waals surface area contributed by atoms with Crippen molar-refractivity contribution in [3.8, 4) is 0 Å². The average molecular weight is 307 g/mol. The molecule has 0 radical (unpaired) electrons. The molecule has 0 amide bonds. The zero-order valence-electron chi connectivity index (χ0n) is 11.0. The van der Waals surface area contributed by atoms with Gasteiger partial charge < -0.3 is 10.4 Å². The summed E-state index contributed by atoms with van der Waals surface area (Å²) in [6, 6.07) is 8.74. The number of hydrogen-bond acceptors (Lipinski definition) is 4. The number of nitro groups is 1. The predicted molar refractivity (Wildman–Crippen MR) is 79.5 cm³/mol.